The Balaban J connectivity index is 1.51. The molecule has 0 N–H and O–H groups in total. The van der Waals surface area contributed by atoms with Crippen molar-refractivity contribution in [3.8, 4) is 0 Å². The molecule has 3 rings (SSSR count). The van der Waals surface area contributed by atoms with E-state index in [1.165, 1.54) is 84.5 Å². The molecular weight excluding hydrogens is 234 g/mol. The minimum atomic E-state index is 0.883. The molecule has 110 valence electrons. The molecule has 3 saturated heterocycles. The first kappa shape index (κ1) is 13.8. The summed E-state index contributed by atoms with van der Waals surface area (Å²) in [6.45, 7) is 13.0. The van der Waals surface area contributed by atoms with Crippen LogP contribution in [0.15, 0.2) is 0 Å². The first-order valence-corrected chi connectivity index (χ1v) is 8.54. The molecule has 0 unspecified atom stereocenters. The first-order chi connectivity index (χ1) is 9.35. The van der Waals surface area contributed by atoms with Crippen molar-refractivity contribution in [2.45, 2.75) is 45.1 Å². The van der Waals surface area contributed by atoms with E-state index in [-0.39, 0.29) is 0 Å². The van der Waals surface area contributed by atoms with Gasteiger partial charge in [0, 0.05) is 25.7 Å². The third kappa shape index (κ3) is 3.50. The van der Waals surface area contributed by atoms with E-state index in [1.807, 2.05) is 0 Å². The lowest BCUT2D eigenvalue weighted by atomic mass is 9.97. The highest BCUT2D eigenvalue weighted by atomic mass is 15.3. The van der Waals surface area contributed by atoms with E-state index in [2.05, 4.69) is 21.6 Å². The summed E-state index contributed by atoms with van der Waals surface area (Å²) in [7, 11) is 0. The van der Waals surface area contributed by atoms with Gasteiger partial charge < -0.3 is 9.80 Å². The molecule has 3 nitrogen and oxygen atoms in total. The number of piperidine rings is 1. The standard InChI is InChI=1S/C16H31N3/c1-2-17-8-3-6-15(12-17)13-18-9-5-11-19-10-4-7-16(19)14-18/h15-16H,2-14H2,1H3/t15-,16+/m0/s1. The molecule has 2 atom stereocenters. The fourth-order valence-electron chi connectivity index (χ4n) is 4.40. The maximum absolute atomic E-state index is 2.79. The SMILES string of the molecule is CCN1CCC[C@H](CN2CCCN3CCC[C@@H]3C2)C1. The van der Waals surface area contributed by atoms with Crippen molar-refractivity contribution < 1.29 is 0 Å². The Hall–Kier alpha value is -0.120. The first-order valence-electron chi connectivity index (χ1n) is 8.54. The minimum absolute atomic E-state index is 0.883. The van der Waals surface area contributed by atoms with E-state index in [0.29, 0.717) is 0 Å². The van der Waals surface area contributed by atoms with Crippen LogP contribution in [0.3, 0.4) is 0 Å². The fraction of sp³-hybridized carbons (Fsp3) is 1.00. The normalized spacial score (nSPS) is 35.2. The molecule has 0 aromatic rings. The summed E-state index contributed by atoms with van der Waals surface area (Å²) in [6.07, 6.45) is 7.15. The van der Waals surface area contributed by atoms with Gasteiger partial charge in [0.15, 0.2) is 0 Å². The summed E-state index contributed by atoms with van der Waals surface area (Å²) >= 11 is 0. The van der Waals surface area contributed by atoms with Crippen molar-refractivity contribution in [3.05, 3.63) is 0 Å². The summed E-state index contributed by atoms with van der Waals surface area (Å²) in [4.78, 5) is 8.19. The monoisotopic (exact) mass is 265 g/mol. The Labute approximate surface area is 118 Å². The summed E-state index contributed by atoms with van der Waals surface area (Å²) in [5.41, 5.74) is 0. The maximum atomic E-state index is 2.79. The lowest BCUT2D eigenvalue weighted by Gasteiger charge is -2.35. The van der Waals surface area contributed by atoms with Crippen molar-refractivity contribution >= 4 is 0 Å². The summed E-state index contributed by atoms with van der Waals surface area (Å²) in [5.74, 6) is 0.932. The molecule has 3 aliphatic rings. The van der Waals surface area contributed by atoms with Crippen molar-refractivity contribution in [1.82, 2.24) is 14.7 Å². The van der Waals surface area contributed by atoms with Crippen LogP contribution < -0.4 is 0 Å². The van der Waals surface area contributed by atoms with Gasteiger partial charge in [-0.15, -0.1) is 0 Å². The molecule has 0 saturated carbocycles. The highest BCUT2D eigenvalue weighted by Gasteiger charge is 2.30. The number of rotatable bonds is 3. The van der Waals surface area contributed by atoms with E-state index in [0.717, 1.165) is 12.0 Å². The second-order valence-corrected chi connectivity index (χ2v) is 6.85. The van der Waals surface area contributed by atoms with Gasteiger partial charge in [-0.05, 0) is 70.7 Å². The van der Waals surface area contributed by atoms with Crippen molar-refractivity contribution in [2.75, 3.05) is 52.4 Å². The molecule has 0 amide bonds. The molecular formula is C16H31N3. The van der Waals surface area contributed by atoms with Crippen molar-refractivity contribution in [3.63, 3.8) is 0 Å². The number of likely N-dealkylation sites (tertiary alicyclic amines) is 1. The van der Waals surface area contributed by atoms with E-state index in [1.54, 1.807) is 0 Å². The Morgan fingerprint density at radius 3 is 2.53 bits per heavy atom. The zero-order chi connectivity index (χ0) is 13.1. The summed E-state index contributed by atoms with van der Waals surface area (Å²) < 4.78 is 0. The quantitative estimate of drug-likeness (QED) is 0.771. The van der Waals surface area contributed by atoms with Crippen LogP contribution in [-0.2, 0) is 0 Å². The predicted molar refractivity (Wildman–Crippen MR) is 80.5 cm³/mol. The Morgan fingerprint density at radius 1 is 0.842 bits per heavy atom. The number of hydrogen-bond acceptors (Lipinski definition) is 3. The van der Waals surface area contributed by atoms with Gasteiger partial charge in [0.1, 0.15) is 0 Å². The summed E-state index contributed by atoms with van der Waals surface area (Å²) in [5, 5.41) is 0. The highest BCUT2D eigenvalue weighted by molar-refractivity contribution is 4.86. The van der Waals surface area contributed by atoms with Gasteiger partial charge in [0.2, 0.25) is 0 Å². The van der Waals surface area contributed by atoms with Gasteiger partial charge in [0.05, 0.1) is 0 Å². The number of hydrogen-bond donors (Lipinski definition) is 0. The minimum Gasteiger partial charge on any atom is -0.303 e. The third-order valence-corrected chi connectivity index (χ3v) is 5.45. The van der Waals surface area contributed by atoms with Gasteiger partial charge >= 0.3 is 0 Å². The zero-order valence-corrected chi connectivity index (χ0v) is 12.7. The van der Waals surface area contributed by atoms with E-state index >= 15 is 0 Å². The second kappa shape index (κ2) is 6.55. The fourth-order valence-corrected chi connectivity index (χ4v) is 4.40. The van der Waals surface area contributed by atoms with E-state index < -0.39 is 0 Å². The van der Waals surface area contributed by atoms with Gasteiger partial charge in [-0.2, -0.15) is 0 Å². The maximum Gasteiger partial charge on any atom is 0.0223 e. The van der Waals surface area contributed by atoms with Crippen LogP contribution >= 0.6 is 0 Å². The Kier molecular flexibility index (Phi) is 4.78. The van der Waals surface area contributed by atoms with E-state index in [4.69, 9.17) is 0 Å². The van der Waals surface area contributed by atoms with Crippen LogP contribution in [0.1, 0.15) is 39.0 Å². The average molecular weight is 265 g/mol. The highest BCUT2D eigenvalue weighted by Crippen LogP contribution is 2.23. The van der Waals surface area contributed by atoms with Crippen LogP contribution in [-0.4, -0.2) is 73.1 Å². The van der Waals surface area contributed by atoms with Gasteiger partial charge in [0.25, 0.3) is 0 Å². The lowest BCUT2D eigenvalue weighted by molar-refractivity contribution is 0.131. The molecule has 3 fully saturated rings. The van der Waals surface area contributed by atoms with Crippen LogP contribution in [0.2, 0.25) is 0 Å². The number of fused-ring (bicyclic) bond motifs is 1. The molecule has 0 aliphatic carbocycles. The van der Waals surface area contributed by atoms with Gasteiger partial charge in [-0.3, -0.25) is 4.90 Å². The largest absolute Gasteiger partial charge is 0.303 e. The molecule has 19 heavy (non-hydrogen) atoms. The van der Waals surface area contributed by atoms with Gasteiger partial charge in [-0.1, -0.05) is 6.92 Å². The zero-order valence-electron chi connectivity index (χ0n) is 12.7. The molecule has 0 aromatic heterocycles. The number of nitrogens with zero attached hydrogens (tertiary/aromatic N) is 3. The average Bonchev–Trinajstić information content (AvgIpc) is 2.78. The topological polar surface area (TPSA) is 9.72 Å². The third-order valence-electron chi connectivity index (χ3n) is 5.45. The Bertz CT molecular complexity index is 281. The molecule has 3 heteroatoms. The van der Waals surface area contributed by atoms with Crippen molar-refractivity contribution in [2.24, 2.45) is 5.92 Å². The lowest BCUT2D eigenvalue weighted by Crippen LogP contribution is -2.43. The molecule has 0 spiro atoms. The van der Waals surface area contributed by atoms with Crippen LogP contribution in [0, 0.1) is 5.92 Å². The van der Waals surface area contributed by atoms with Crippen molar-refractivity contribution in [1.29, 1.82) is 0 Å². The molecule has 0 aromatic carbocycles. The smallest absolute Gasteiger partial charge is 0.0223 e. The molecule has 3 heterocycles. The summed E-state index contributed by atoms with van der Waals surface area (Å²) in [6, 6.07) is 0.883. The van der Waals surface area contributed by atoms with Crippen LogP contribution in [0.4, 0.5) is 0 Å². The van der Waals surface area contributed by atoms with Crippen LogP contribution in [0.5, 0.6) is 0 Å². The van der Waals surface area contributed by atoms with Gasteiger partial charge in [-0.25, -0.2) is 0 Å². The molecule has 3 aliphatic heterocycles. The molecule has 0 radical (unpaired) electrons. The Morgan fingerprint density at radius 2 is 1.63 bits per heavy atom. The predicted octanol–water partition coefficient (Wildman–Crippen LogP) is 1.89. The second-order valence-electron chi connectivity index (χ2n) is 6.85. The van der Waals surface area contributed by atoms with Crippen LogP contribution in [0.25, 0.3) is 0 Å². The molecule has 0 bridgehead atoms. The van der Waals surface area contributed by atoms with E-state index in [9.17, 15) is 0 Å².